The maximum atomic E-state index is 11.7. The van der Waals surface area contributed by atoms with Gasteiger partial charge in [0, 0.05) is 89.7 Å². The van der Waals surface area contributed by atoms with Gasteiger partial charge in [-0.15, -0.1) is 5.06 Å². The molecule has 0 fully saturated rings. The molecule has 2 aromatic rings. The first-order valence-electron chi connectivity index (χ1n) is 29.1. The standard InChI is InChI=1S/C61H100N3O18/c1-60(20-25-70-36-41-78-48-45-74-32-29-66-5)53-13-8-10-15-55(53)63(22-27-72-38-43-80-50-47-76-34-31-68-7)57(60)17-12-18-58-61(2,21-26-71-37-42-79-49-46-75-33-30-67-6)54-14-9-11-16-56(54)64(58)23-28-73-39-44-81-52-51-77-40-35-69-24-19-59(65)82-62(3)4/h8-18H,19-52H2,1-7H3/q+1. The highest BCUT2D eigenvalue weighted by molar-refractivity contribution is 6.03. The minimum Gasteiger partial charge on any atom is -0.382 e. The van der Waals surface area contributed by atoms with Gasteiger partial charge < -0.3 is 85.5 Å². The van der Waals surface area contributed by atoms with E-state index >= 15 is 0 Å². The van der Waals surface area contributed by atoms with Crippen molar-refractivity contribution in [3.63, 3.8) is 0 Å². The third-order valence-electron chi connectivity index (χ3n) is 13.6. The first-order valence-corrected chi connectivity index (χ1v) is 29.1. The van der Waals surface area contributed by atoms with Crippen LogP contribution in [0.2, 0.25) is 0 Å². The molecular formula is C61H100N3O18+. The van der Waals surface area contributed by atoms with Crippen LogP contribution in [0, 0.1) is 0 Å². The fraction of sp³-hybridized carbons (Fsp3) is 0.705. The van der Waals surface area contributed by atoms with Crippen LogP contribution in [0.4, 0.5) is 11.4 Å². The van der Waals surface area contributed by atoms with Gasteiger partial charge in [-0.3, -0.25) is 4.79 Å². The number of nitrogens with zero attached hydrogens (tertiary/aromatic N) is 3. The molecule has 0 spiro atoms. The topological polar surface area (TPSA) is 183 Å². The summed E-state index contributed by atoms with van der Waals surface area (Å²) in [6.07, 6.45) is 8.42. The Hall–Kier alpha value is -3.82. The maximum absolute atomic E-state index is 11.7. The number of fused-ring (bicyclic) bond motifs is 2. The van der Waals surface area contributed by atoms with Gasteiger partial charge in [-0.05, 0) is 44.4 Å². The predicted octanol–water partition coefficient (Wildman–Crippen LogP) is 5.61. The zero-order chi connectivity index (χ0) is 58.6. The number of anilines is 1. The van der Waals surface area contributed by atoms with Crippen LogP contribution >= 0.6 is 0 Å². The molecule has 0 saturated heterocycles. The van der Waals surface area contributed by atoms with E-state index in [-0.39, 0.29) is 24.4 Å². The number of rotatable bonds is 54. The van der Waals surface area contributed by atoms with Crippen molar-refractivity contribution in [2.45, 2.75) is 43.9 Å². The first-order chi connectivity index (χ1) is 40.2. The number of hydrogen-bond donors (Lipinski definition) is 0. The van der Waals surface area contributed by atoms with Crippen LogP contribution in [0.5, 0.6) is 0 Å². The maximum Gasteiger partial charge on any atom is 0.327 e. The number of carbonyl (C=O) groups excluding carboxylic acids is 1. The Labute approximate surface area is 489 Å². The SMILES string of the molecule is COCCOCCOCCOCC[N+]1=C(/C=C/C=C2/N(CCOCCOCCOCCOCCC(=O)ON(C)C)c3ccccc3C2(C)CCOCCOCCOCCOC)C(C)(CCOCCOCCOCCOC)c2ccccc21. The average molecular weight is 1160 g/mol. The second-order valence-electron chi connectivity index (χ2n) is 19.8. The summed E-state index contributed by atoms with van der Waals surface area (Å²) in [5.41, 5.74) is 6.29. The number of hydroxylamine groups is 2. The van der Waals surface area contributed by atoms with Crippen LogP contribution in [-0.4, -0.2) is 261 Å². The molecule has 0 bridgehead atoms. The van der Waals surface area contributed by atoms with E-state index in [0.29, 0.717) is 198 Å². The monoisotopic (exact) mass is 1160 g/mol. The summed E-state index contributed by atoms with van der Waals surface area (Å²) in [6, 6.07) is 17.3. The molecule has 0 saturated carbocycles. The summed E-state index contributed by atoms with van der Waals surface area (Å²) in [7, 11) is 8.29. The predicted molar refractivity (Wildman–Crippen MR) is 312 cm³/mol. The van der Waals surface area contributed by atoms with Crippen LogP contribution in [0.25, 0.3) is 0 Å². The van der Waals surface area contributed by atoms with Crippen LogP contribution in [-0.2, 0) is 96.3 Å². The highest BCUT2D eigenvalue weighted by atomic mass is 16.7. The molecule has 0 N–H and O–H groups in total. The lowest BCUT2D eigenvalue weighted by molar-refractivity contribution is -0.442. The third kappa shape index (κ3) is 27.0. The Morgan fingerprint density at radius 3 is 1.34 bits per heavy atom. The van der Waals surface area contributed by atoms with Crippen molar-refractivity contribution in [1.82, 2.24) is 5.06 Å². The van der Waals surface area contributed by atoms with Crippen molar-refractivity contribution in [3.8, 4) is 0 Å². The largest absolute Gasteiger partial charge is 0.382 e. The Kier molecular flexibility index (Phi) is 38.5. The van der Waals surface area contributed by atoms with Crippen molar-refractivity contribution in [1.29, 1.82) is 0 Å². The van der Waals surface area contributed by atoms with E-state index in [0.717, 1.165) is 35.6 Å². The van der Waals surface area contributed by atoms with Gasteiger partial charge in [0.15, 0.2) is 12.3 Å². The fourth-order valence-corrected chi connectivity index (χ4v) is 9.35. The molecule has 21 heteroatoms. The summed E-state index contributed by atoms with van der Waals surface area (Å²) in [4.78, 5) is 19.0. The number of ether oxygens (including phenoxy) is 16. The smallest absolute Gasteiger partial charge is 0.327 e. The summed E-state index contributed by atoms with van der Waals surface area (Å²) >= 11 is 0. The number of hydrogen-bond acceptors (Lipinski definition) is 20. The van der Waals surface area contributed by atoms with Crippen molar-refractivity contribution >= 4 is 23.1 Å². The molecule has 0 radical (unpaired) electrons. The third-order valence-corrected chi connectivity index (χ3v) is 13.6. The van der Waals surface area contributed by atoms with E-state index in [4.69, 9.17) is 80.6 Å². The van der Waals surface area contributed by atoms with Gasteiger partial charge in [0.05, 0.1) is 184 Å². The molecule has 2 heterocycles. The molecule has 2 atom stereocenters. The van der Waals surface area contributed by atoms with Crippen molar-refractivity contribution in [2.75, 3.05) is 245 Å². The number of benzene rings is 2. The molecule has 466 valence electrons. The zero-order valence-corrected chi connectivity index (χ0v) is 50.6. The van der Waals surface area contributed by atoms with Crippen LogP contribution in [0.3, 0.4) is 0 Å². The van der Waals surface area contributed by atoms with Gasteiger partial charge in [-0.2, -0.15) is 4.58 Å². The summed E-state index contributed by atoms with van der Waals surface area (Å²) < 4.78 is 93.5. The molecular weight excluding hydrogens is 1060 g/mol. The molecule has 21 nitrogen and oxygen atoms in total. The molecule has 4 rings (SSSR count). The van der Waals surface area contributed by atoms with Crippen LogP contribution in [0.1, 0.15) is 44.2 Å². The minimum atomic E-state index is -0.396. The fourth-order valence-electron chi connectivity index (χ4n) is 9.35. The summed E-state index contributed by atoms with van der Waals surface area (Å²) in [5, 5.41) is 1.36. The normalized spacial score (nSPS) is 17.4. The Morgan fingerprint density at radius 2 is 0.866 bits per heavy atom. The zero-order valence-electron chi connectivity index (χ0n) is 50.6. The van der Waals surface area contributed by atoms with Crippen molar-refractivity contribution in [3.05, 3.63) is 83.6 Å². The van der Waals surface area contributed by atoms with E-state index < -0.39 is 5.41 Å². The Morgan fingerprint density at radius 1 is 0.476 bits per heavy atom. The van der Waals surface area contributed by atoms with Gasteiger partial charge >= 0.3 is 5.97 Å². The molecule has 82 heavy (non-hydrogen) atoms. The van der Waals surface area contributed by atoms with E-state index in [1.807, 2.05) is 0 Å². The lowest BCUT2D eigenvalue weighted by Crippen LogP contribution is -2.34. The van der Waals surface area contributed by atoms with Gasteiger partial charge in [-0.25, -0.2) is 0 Å². The van der Waals surface area contributed by atoms with E-state index in [1.54, 1.807) is 35.4 Å². The lowest BCUT2D eigenvalue weighted by Gasteiger charge is -2.30. The van der Waals surface area contributed by atoms with Gasteiger partial charge in [0.1, 0.15) is 6.61 Å². The van der Waals surface area contributed by atoms with E-state index in [9.17, 15) is 4.79 Å². The lowest BCUT2D eigenvalue weighted by atomic mass is 9.76. The molecule has 0 aromatic heterocycles. The molecule has 2 unspecified atom stereocenters. The Bertz CT molecular complexity index is 2060. The number of para-hydroxylation sites is 2. The van der Waals surface area contributed by atoms with Crippen LogP contribution < -0.4 is 4.90 Å². The number of methoxy groups -OCH3 is 3. The quantitative estimate of drug-likeness (QED) is 0.0452. The van der Waals surface area contributed by atoms with Gasteiger partial charge in [-0.1, -0.05) is 42.5 Å². The van der Waals surface area contributed by atoms with E-state index in [1.165, 1.54) is 16.2 Å². The highest BCUT2D eigenvalue weighted by Crippen LogP contribution is 2.50. The molecule has 0 amide bonds. The molecule has 2 aliphatic rings. The second kappa shape index (κ2) is 44.6. The number of carbonyl (C=O) groups is 1. The van der Waals surface area contributed by atoms with E-state index in [2.05, 4.69) is 90.1 Å². The summed E-state index contributed by atoms with van der Waals surface area (Å²) in [6.45, 7) is 19.9. The average Bonchev–Trinajstić information content (AvgIpc) is 3.87. The molecule has 2 aromatic carbocycles. The summed E-state index contributed by atoms with van der Waals surface area (Å²) in [5.74, 6) is -0.339. The first kappa shape index (κ1) is 70.7. The second-order valence-corrected chi connectivity index (χ2v) is 19.8. The van der Waals surface area contributed by atoms with Crippen molar-refractivity contribution < 1.29 is 90.0 Å². The minimum absolute atomic E-state index is 0.179. The van der Waals surface area contributed by atoms with Gasteiger partial charge in [0.25, 0.3) is 0 Å². The van der Waals surface area contributed by atoms with Crippen molar-refractivity contribution in [2.24, 2.45) is 0 Å². The highest BCUT2D eigenvalue weighted by Gasteiger charge is 2.48. The van der Waals surface area contributed by atoms with Crippen LogP contribution in [0.15, 0.2) is 72.5 Å². The molecule has 2 aliphatic heterocycles. The van der Waals surface area contributed by atoms with Gasteiger partial charge in [0.2, 0.25) is 5.69 Å². The molecule has 0 aliphatic carbocycles. The Balaban J connectivity index is 1.48. The number of allylic oxidation sites excluding steroid dienone is 4.